The predicted octanol–water partition coefficient (Wildman–Crippen LogP) is 7.10. The van der Waals surface area contributed by atoms with Gasteiger partial charge in [0, 0.05) is 0 Å². The quantitative estimate of drug-likeness (QED) is 0.101. The molecule has 0 N–H and O–H groups in total. The van der Waals surface area contributed by atoms with Gasteiger partial charge in [0.05, 0.1) is 45.1 Å². The van der Waals surface area contributed by atoms with Crippen LogP contribution in [0.15, 0.2) is 121 Å². The van der Waals surface area contributed by atoms with E-state index in [-0.39, 0.29) is 33.0 Å². The van der Waals surface area contributed by atoms with E-state index in [2.05, 4.69) is 0 Å². The number of rotatable bonds is 17. The number of cyclic esters (lactones) is 1. The van der Waals surface area contributed by atoms with Crippen molar-refractivity contribution >= 4 is 11.9 Å². The van der Waals surface area contributed by atoms with Gasteiger partial charge in [0.25, 0.3) is 0 Å². The fourth-order valence-corrected chi connectivity index (χ4v) is 7.31. The SMILES string of the molecule is CC1(C)OC[C@H]([C@@H]2OC(=O)[C@H](OC(=O)C(C)(C)C)[C@H]2O[C@H]2O[C@H](COCc3ccccc3)[C@H](OCc3ccccc3)[C@H](OCc3ccccc3)[C@H]2OCc2ccccc2)O1. The Labute approximate surface area is 352 Å². The van der Waals surface area contributed by atoms with Gasteiger partial charge >= 0.3 is 11.9 Å². The Balaban J connectivity index is 1.26. The first-order valence-electron chi connectivity index (χ1n) is 20.6. The summed E-state index contributed by atoms with van der Waals surface area (Å²) in [6.07, 6.45) is -8.88. The third kappa shape index (κ3) is 11.4. The van der Waals surface area contributed by atoms with E-state index < -0.39 is 78.3 Å². The van der Waals surface area contributed by atoms with Gasteiger partial charge < -0.3 is 47.4 Å². The molecule has 320 valence electrons. The van der Waals surface area contributed by atoms with Gasteiger partial charge in [-0.2, -0.15) is 0 Å². The normalized spacial score (nSPS) is 27.7. The lowest BCUT2D eigenvalue weighted by Gasteiger charge is -2.46. The summed E-state index contributed by atoms with van der Waals surface area (Å²) in [6, 6.07) is 39.2. The van der Waals surface area contributed by atoms with Crippen LogP contribution in [0.1, 0.15) is 56.9 Å². The Bertz CT molecular complexity index is 1940. The van der Waals surface area contributed by atoms with Gasteiger partial charge in [-0.1, -0.05) is 121 Å². The minimum Gasteiger partial charge on any atom is -0.454 e. The van der Waals surface area contributed by atoms with E-state index in [1.165, 1.54) is 0 Å². The molecule has 0 radical (unpaired) electrons. The van der Waals surface area contributed by atoms with E-state index in [0.29, 0.717) is 6.61 Å². The summed E-state index contributed by atoms with van der Waals surface area (Å²) in [5.41, 5.74) is 2.85. The van der Waals surface area contributed by atoms with Crippen LogP contribution in [0.25, 0.3) is 0 Å². The molecule has 0 aliphatic carbocycles. The van der Waals surface area contributed by atoms with Gasteiger partial charge in [-0.15, -0.1) is 0 Å². The van der Waals surface area contributed by atoms with E-state index in [9.17, 15) is 9.59 Å². The standard InChI is InChI=1S/C48H56O12/c1-47(2,3)46(50)59-42-41(39(57-44(42)49)37-31-55-48(4,5)60-37)58-45-43(54-29-35-24-16-9-17-25-35)40(53-28-34-22-14-8-15-23-34)38(52-27-33-20-12-7-13-21-33)36(56-45)30-51-26-32-18-10-6-11-19-32/h6-25,36-43,45H,26-31H2,1-5H3/t36-,37-,38+,39+,40+,41+,42-,43-,45-/m1/s1. The zero-order valence-corrected chi connectivity index (χ0v) is 34.9. The second-order valence-corrected chi connectivity index (χ2v) is 16.8. The van der Waals surface area contributed by atoms with Crippen molar-refractivity contribution in [3.8, 4) is 0 Å². The summed E-state index contributed by atoms with van der Waals surface area (Å²) in [5, 5.41) is 0. The molecule has 60 heavy (non-hydrogen) atoms. The first kappa shape index (κ1) is 43.6. The Kier molecular flexibility index (Phi) is 14.5. The van der Waals surface area contributed by atoms with Crippen LogP contribution in [0.4, 0.5) is 0 Å². The summed E-state index contributed by atoms with van der Waals surface area (Å²) in [5.74, 6) is -2.32. The van der Waals surface area contributed by atoms with Crippen LogP contribution < -0.4 is 0 Å². The molecule has 4 aromatic carbocycles. The van der Waals surface area contributed by atoms with Gasteiger partial charge in [0.15, 0.2) is 18.2 Å². The van der Waals surface area contributed by atoms with Crippen molar-refractivity contribution in [1.82, 2.24) is 0 Å². The van der Waals surface area contributed by atoms with Gasteiger partial charge in [-0.05, 0) is 56.9 Å². The summed E-state index contributed by atoms with van der Waals surface area (Å²) in [6.45, 7) is 9.82. The van der Waals surface area contributed by atoms with Crippen LogP contribution in [0, 0.1) is 5.41 Å². The zero-order valence-electron chi connectivity index (χ0n) is 34.9. The maximum absolute atomic E-state index is 13.7. The lowest BCUT2D eigenvalue weighted by atomic mass is 9.96. The number of hydrogen-bond acceptors (Lipinski definition) is 12. The molecule has 4 aromatic rings. The van der Waals surface area contributed by atoms with Crippen LogP contribution in [-0.4, -0.2) is 86.1 Å². The van der Waals surface area contributed by atoms with Crippen molar-refractivity contribution in [1.29, 1.82) is 0 Å². The molecule has 3 fully saturated rings. The summed E-state index contributed by atoms with van der Waals surface area (Å²) in [4.78, 5) is 27.1. The van der Waals surface area contributed by atoms with E-state index in [1.54, 1.807) is 34.6 Å². The number of carbonyl (C=O) groups is 2. The highest BCUT2D eigenvalue weighted by Gasteiger charge is 2.58. The second-order valence-electron chi connectivity index (χ2n) is 16.8. The number of hydrogen-bond donors (Lipinski definition) is 0. The van der Waals surface area contributed by atoms with Crippen molar-refractivity contribution in [3.05, 3.63) is 144 Å². The van der Waals surface area contributed by atoms with Gasteiger partial charge in [-0.25, -0.2) is 4.79 Å². The van der Waals surface area contributed by atoms with Gasteiger partial charge in [0.2, 0.25) is 6.10 Å². The van der Waals surface area contributed by atoms with Crippen molar-refractivity contribution in [2.45, 2.75) is 122 Å². The smallest absolute Gasteiger partial charge is 0.350 e. The maximum atomic E-state index is 13.7. The van der Waals surface area contributed by atoms with Crippen LogP contribution in [0.3, 0.4) is 0 Å². The van der Waals surface area contributed by atoms with Crippen molar-refractivity contribution < 1.29 is 57.0 Å². The Morgan fingerprint density at radius 3 is 1.63 bits per heavy atom. The molecular weight excluding hydrogens is 769 g/mol. The molecule has 0 unspecified atom stereocenters. The highest BCUT2D eigenvalue weighted by molar-refractivity contribution is 5.83. The van der Waals surface area contributed by atoms with Crippen molar-refractivity contribution in [3.63, 3.8) is 0 Å². The topological polar surface area (TPSA) is 126 Å². The molecule has 0 bridgehead atoms. The molecule has 3 saturated heterocycles. The first-order valence-corrected chi connectivity index (χ1v) is 20.6. The molecule has 0 spiro atoms. The molecule has 9 atom stereocenters. The Morgan fingerprint density at radius 1 is 0.667 bits per heavy atom. The van der Waals surface area contributed by atoms with Crippen LogP contribution in [-0.2, 0) is 83.4 Å². The molecular formula is C48H56O12. The average molecular weight is 825 g/mol. The molecule has 12 heteroatoms. The lowest BCUT2D eigenvalue weighted by Crippen LogP contribution is -2.63. The second kappa shape index (κ2) is 19.9. The number of benzene rings is 4. The average Bonchev–Trinajstić information content (AvgIpc) is 3.76. The molecule has 0 amide bonds. The fraction of sp³-hybridized carbons (Fsp3) is 0.458. The zero-order chi connectivity index (χ0) is 42.1. The van der Waals surface area contributed by atoms with E-state index in [1.807, 2.05) is 121 Å². The van der Waals surface area contributed by atoms with E-state index >= 15 is 0 Å². The highest BCUT2D eigenvalue weighted by atomic mass is 16.8. The molecule has 7 rings (SSSR count). The van der Waals surface area contributed by atoms with Crippen LogP contribution in [0.5, 0.6) is 0 Å². The summed E-state index contributed by atoms with van der Waals surface area (Å²) >= 11 is 0. The monoisotopic (exact) mass is 824 g/mol. The van der Waals surface area contributed by atoms with Crippen molar-refractivity contribution in [2.75, 3.05) is 13.2 Å². The third-order valence-electron chi connectivity index (χ3n) is 10.5. The maximum Gasteiger partial charge on any atom is 0.350 e. The fourth-order valence-electron chi connectivity index (χ4n) is 7.31. The predicted molar refractivity (Wildman–Crippen MR) is 219 cm³/mol. The number of esters is 2. The third-order valence-corrected chi connectivity index (χ3v) is 10.5. The molecule has 0 saturated carbocycles. The van der Waals surface area contributed by atoms with Gasteiger partial charge in [0.1, 0.15) is 36.6 Å². The number of carbonyl (C=O) groups excluding carboxylic acids is 2. The van der Waals surface area contributed by atoms with E-state index in [0.717, 1.165) is 22.3 Å². The van der Waals surface area contributed by atoms with E-state index in [4.69, 9.17) is 47.4 Å². The Hall–Kier alpha value is -4.50. The summed E-state index contributed by atoms with van der Waals surface area (Å²) in [7, 11) is 0. The molecule has 0 aromatic heterocycles. The molecule has 3 aliphatic heterocycles. The van der Waals surface area contributed by atoms with Crippen LogP contribution in [0.2, 0.25) is 0 Å². The largest absolute Gasteiger partial charge is 0.454 e. The minimum atomic E-state index is -1.45. The number of ether oxygens (including phenoxy) is 10. The van der Waals surface area contributed by atoms with Gasteiger partial charge in [-0.3, -0.25) is 4.79 Å². The molecule has 3 heterocycles. The first-order chi connectivity index (χ1) is 28.9. The Morgan fingerprint density at radius 2 is 1.15 bits per heavy atom. The summed E-state index contributed by atoms with van der Waals surface area (Å²) < 4.78 is 64.6. The highest BCUT2D eigenvalue weighted by Crippen LogP contribution is 2.38. The lowest BCUT2D eigenvalue weighted by molar-refractivity contribution is -0.342. The molecule has 12 nitrogen and oxygen atoms in total. The van der Waals surface area contributed by atoms with Crippen molar-refractivity contribution in [2.24, 2.45) is 5.41 Å². The van der Waals surface area contributed by atoms with Crippen LogP contribution >= 0.6 is 0 Å². The minimum absolute atomic E-state index is 0.0878. The molecule has 3 aliphatic rings.